The molecule has 4 rings (SSSR count). The van der Waals surface area contributed by atoms with Crippen molar-refractivity contribution < 1.29 is 44.4 Å². The van der Waals surface area contributed by atoms with E-state index in [9.17, 15) is 8.42 Å². The highest BCUT2D eigenvalue weighted by molar-refractivity contribution is 7.87. The van der Waals surface area contributed by atoms with Gasteiger partial charge in [0.05, 0.1) is 31.5 Å². The fourth-order valence-electron chi connectivity index (χ4n) is 6.04. The molecular weight excluding hydrogens is 757 g/mol. The van der Waals surface area contributed by atoms with Crippen LogP contribution in [0.15, 0.2) is 89.8 Å². The van der Waals surface area contributed by atoms with Crippen molar-refractivity contribution in [3.8, 4) is 23.0 Å². The molecule has 0 radical (unpaired) electrons. The molecule has 0 bridgehead atoms. The standard InChI is InChI=1S/C46H54F4O6S/c1-5-7-9-11-13-15-29-54-36-23-19-34(20-24-36)43(47)45(49)39-32-42(56-57(51,52)38-27-17-33(3)18-28-38)40(31-41(39)53-4)46(50)44(48)35-21-25-37(26-22-35)55-30-16-14-12-10-8-6-2/h17-28,31-32H,5-16,29-30H2,1-4H3/b45-43+,46-44+. The van der Waals surface area contributed by atoms with Crippen LogP contribution in [0, 0.1) is 6.92 Å². The molecule has 6 nitrogen and oxygen atoms in total. The van der Waals surface area contributed by atoms with Gasteiger partial charge in [0.25, 0.3) is 0 Å². The summed E-state index contributed by atoms with van der Waals surface area (Å²) in [6, 6.07) is 18.6. The molecule has 308 valence electrons. The summed E-state index contributed by atoms with van der Waals surface area (Å²) in [5.74, 6) is -5.87. The molecule has 0 aliphatic heterocycles. The molecule has 0 aromatic heterocycles. The predicted octanol–water partition coefficient (Wildman–Crippen LogP) is 13.8. The monoisotopic (exact) mass is 810 g/mol. The van der Waals surface area contributed by atoms with Gasteiger partial charge in [-0.2, -0.15) is 8.42 Å². The lowest BCUT2D eigenvalue weighted by molar-refractivity contribution is 0.304. The van der Waals surface area contributed by atoms with Crippen LogP contribution in [0.3, 0.4) is 0 Å². The molecule has 0 spiro atoms. The Morgan fingerprint density at radius 2 is 0.930 bits per heavy atom. The Morgan fingerprint density at radius 3 is 1.37 bits per heavy atom. The van der Waals surface area contributed by atoms with Crippen molar-refractivity contribution in [2.24, 2.45) is 0 Å². The maximum Gasteiger partial charge on any atom is 0.339 e. The molecule has 0 heterocycles. The molecule has 4 aromatic carbocycles. The quantitative estimate of drug-likeness (QED) is 0.0304. The van der Waals surface area contributed by atoms with Crippen LogP contribution in [0.1, 0.15) is 119 Å². The van der Waals surface area contributed by atoms with Gasteiger partial charge in [-0.1, -0.05) is 95.8 Å². The lowest BCUT2D eigenvalue weighted by Gasteiger charge is -2.16. The summed E-state index contributed by atoms with van der Waals surface area (Å²) in [6.07, 6.45) is 13.1. The summed E-state index contributed by atoms with van der Waals surface area (Å²) in [5.41, 5.74) is -0.844. The first kappa shape index (κ1) is 44.9. The largest absolute Gasteiger partial charge is 0.496 e. The number of rotatable bonds is 24. The highest BCUT2D eigenvalue weighted by Gasteiger charge is 2.27. The van der Waals surface area contributed by atoms with Gasteiger partial charge in [0.1, 0.15) is 22.1 Å². The predicted molar refractivity (Wildman–Crippen MR) is 221 cm³/mol. The molecule has 0 atom stereocenters. The van der Waals surface area contributed by atoms with Crippen molar-refractivity contribution in [3.63, 3.8) is 0 Å². The zero-order chi connectivity index (χ0) is 41.2. The van der Waals surface area contributed by atoms with E-state index in [2.05, 4.69) is 13.8 Å². The molecule has 0 unspecified atom stereocenters. The van der Waals surface area contributed by atoms with E-state index < -0.39 is 56.1 Å². The molecule has 0 aliphatic rings. The summed E-state index contributed by atoms with van der Waals surface area (Å²) >= 11 is 0. The van der Waals surface area contributed by atoms with Crippen LogP contribution in [-0.4, -0.2) is 28.7 Å². The highest BCUT2D eigenvalue weighted by Crippen LogP contribution is 2.43. The topological polar surface area (TPSA) is 71.1 Å². The second-order valence-corrected chi connectivity index (χ2v) is 15.5. The molecule has 0 saturated carbocycles. The van der Waals surface area contributed by atoms with Crippen LogP contribution in [0.25, 0.3) is 23.3 Å². The molecule has 0 N–H and O–H groups in total. The minimum absolute atomic E-state index is 0.142. The third-order valence-corrected chi connectivity index (χ3v) is 10.7. The molecule has 4 aromatic rings. The van der Waals surface area contributed by atoms with Crippen molar-refractivity contribution >= 4 is 33.4 Å². The fraction of sp³-hybridized carbons (Fsp3) is 0.391. The smallest absolute Gasteiger partial charge is 0.339 e. The van der Waals surface area contributed by atoms with Crippen LogP contribution in [0.4, 0.5) is 17.6 Å². The number of hydrogen-bond acceptors (Lipinski definition) is 6. The van der Waals surface area contributed by atoms with Gasteiger partial charge in [-0.15, -0.1) is 0 Å². The number of aryl methyl sites for hydroxylation is 1. The maximum absolute atomic E-state index is 16.2. The number of methoxy groups -OCH3 is 1. The lowest BCUT2D eigenvalue weighted by Crippen LogP contribution is -2.11. The number of halogens is 4. The van der Waals surface area contributed by atoms with Crippen molar-refractivity contribution in [1.82, 2.24) is 0 Å². The number of hydrogen-bond donors (Lipinski definition) is 0. The van der Waals surface area contributed by atoms with Crippen LogP contribution in [0.5, 0.6) is 23.0 Å². The third-order valence-electron chi connectivity index (χ3n) is 9.42. The summed E-state index contributed by atoms with van der Waals surface area (Å²) in [7, 11) is -3.54. The second-order valence-electron chi connectivity index (χ2n) is 13.9. The van der Waals surface area contributed by atoms with Gasteiger partial charge in [0, 0.05) is 11.1 Å². The van der Waals surface area contributed by atoms with Crippen LogP contribution < -0.4 is 18.4 Å². The van der Waals surface area contributed by atoms with Gasteiger partial charge < -0.3 is 18.4 Å². The van der Waals surface area contributed by atoms with Gasteiger partial charge in [0.15, 0.2) is 29.1 Å². The van der Waals surface area contributed by atoms with Gasteiger partial charge in [0.2, 0.25) is 0 Å². The van der Waals surface area contributed by atoms with E-state index in [0.29, 0.717) is 24.7 Å². The van der Waals surface area contributed by atoms with E-state index in [4.69, 9.17) is 18.4 Å². The summed E-state index contributed by atoms with van der Waals surface area (Å²) in [5, 5.41) is 0. The Balaban J connectivity index is 1.64. The Bertz CT molecular complexity index is 2030. The molecule has 0 saturated heterocycles. The number of unbranched alkanes of at least 4 members (excludes halogenated alkanes) is 10. The normalized spacial score (nSPS) is 12.5. The summed E-state index contributed by atoms with van der Waals surface area (Å²) < 4.78 is 113. The summed E-state index contributed by atoms with van der Waals surface area (Å²) in [6.45, 7) is 7.03. The molecule has 11 heteroatoms. The van der Waals surface area contributed by atoms with Crippen molar-refractivity contribution in [1.29, 1.82) is 0 Å². The van der Waals surface area contributed by atoms with Crippen LogP contribution in [-0.2, 0) is 10.1 Å². The lowest BCUT2D eigenvalue weighted by atomic mass is 10.0. The molecule has 0 amide bonds. The first-order chi connectivity index (χ1) is 27.5. The highest BCUT2D eigenvalue weighted by atomic mass is 32.2. The van der Waals surface area contributed by atoms with Crippen molar-refractivity contribution in [2.45, 2.75) is 103 Å². The molecule has 0 aliphatic carbocycles. The van der Waals surface area contributed by atoms with Crippen LogP contribution in [0.2, 0.25) is 0 Å². The first-order valence-electron chi connectivity index (χ1n) is 19.8. The zero-order valence-corrected chi connectivity index (χ0v) is 34.2. The van der Waals surface area contributed by atoms with E-state index in [-0.39, 0.29) is 16.0 Å². The number of benzene rings is 4. The average molecular weight is 811 g/mol. The van der Waals surface area contributed by atoms with Crippen molar-refractivity contribution in [2.75, 3.05) is 20.3 Å². The average Bonchev–Trinajstić information content (AvgIpc) is 3.22. The van der Waals surface area contributed by atoms with Crippen LogP contribution >= 0.6 is 0 Å². The Kier molecular flexibility index (Phi) is 18.0. The number of ether oxygens (including phenoxy) is 3. The molecule has 57 heavy (non-hydrogen) atoms. The minimum Gasteiger partial charge on any atom is -0.496 e. The van der Waals surface area contributed by atoms with Gasteiger partial charge in [-0.25, -0.2) is 17.6 Å². The maximum atomic E-state index is 16.2. The van der Waals surface area contributed by atoms with E-state index in [0.717, 1.165) is 69.8 Å². The van der Waals surface area contributed by atoms with E-state index >= 15 is 17.6 Å². The van der Waals surface area contributed by atoms with E-state index in [1.807, 2.05) is 0 Å². The SMILES string of the molecule is CCCCCCCCOc1ccc(/C(F)=C(\F)c2cc(OS(=O)(=O)c3ccc(C)cc3)c(/C(F)=C(\F)c3ccc(OCCCCCCCC)cc3)cc2OC)cc1. The Morgan fingerprint density at radius 1 is 0.526 bits per heavy atom. The zero-order valence-electron chi connectivity index (χ0n) is 33.4. The second kappa shape index (κ2) is 22.8. The van der Waals surface area contributed by atoms with Crippen molar-refractivity contribution in [3.05, 3.63) is 113 Å². The first-order valence-corrected chi connectivity index (χ1v) is 21.2. The third kappa shape index (κ3) is 13.4. The van der Waals surface area contributed by atoms with Gasteiger partial charge in [-0.05, 0) is 92.6 Å². The Labute approximate surface area is 335 Å². The molecule has 0 fully saturated rings. The van der Waals surface area contributed by atoms with Gasteiger partial charge in [-0.3, -0.25) is 0 Å². The Hall–Kier alpha value is -4.77. The summed E-state index contributed by atoms with van der Waals surface area (Å²) in [4.78, 5) is -0.293. The fourth-order valence-corrected chi connectivity index (χ4v) is 6.98. The minimum atomic E-state index is -4.67. The molecular formula is C46H54F4O6S. The van der Waals surface area contributed by atoms with E-state index in [1.165, 1.54) is 105 Å². The van der Waals surface area contributed by atoms with Gasteiger partial charge >= 0.3 is 10.1 Å². The van der Waals surface area contributed by atoms with E-state index in [1.54, 1.807) is 6.92 Å².